The van der Waals surface area contributed by atoms with E-state index in [1.807, 2.05) is 0 Å². The van der Waals surface area contributed by atoms with Crippen molar-refractivity contribution in [2.24, 2.45) is 5.92 Å². The van der Waals surface area contributed by atoms with Crippen molar-refractivity contribution in [3.05, 3.63) is 21.6 Å². The Hall–Kier alpha value is -1.03. The predicted molar refractivity (Wildman–Crippen MR) is 69.5 cm³/mol. The average molecular weight is 256 g/mol. The second kappa shape index (κ2) is 5.54. The van der Waals surface area contributed by atoms with Gasteiger partial charge in [-0.1, -0.05) is 37.8 Å². The highest BCUT2D eigenvalue weighted by Crippen LogP contribution is 2.30. The molecule has 1 aliphatic rings. The number of hydrogen-bond acceptors (Lipinski definition) is 3. The lowest BCUT2D eigenvalue weighted by Crippen LogP contribution is -2.32. The maximum atomic E-state index is 11.3. The van der Waals surface area contributed by atoms with E-state index < -0.39 is 0 Å². The number of nitrogens with zero attached hydrogens (tertiary/aromatic N) is 1. The van der Waals surface area contributed by atoms with E-state index >= 15 is 0 Å². The molecule has 17 heavy (non-hydrogen) atoms. The highest BCUT2D eigenvalue weighted by Gasteiger charge is 2.24. The summed E-state index contributed by atoms with van der Waals surface area (Å²) >= 11 is 5.96. The molecule has 1 aliphatic carbocycles. The van der Waals surface area contributed by atoms with Gasteiger partial charge in [-0.15, -0.1) is 0 Å². The molecule has 1 fully saturated rings. The fraction of sp³-hybridized carbons (Fsp3) is 0.667. The number of halogens is 1. The van der Waals surface area contributed by atoms with Gasteiger partial charge in [-0.25, -0.2) is 5.10 Å². The number of rotatable bonds is 3. The fourth-order valence-corrected chi connectivity index (χ4v) is 2.72. The molecule has 2 rings (SSSR count). The zero-order chi connectivity index (χ0) is 12.3. The third-order valence-corrected chi connectivity index (χ3v) is 3.95. The van der Waals surface area contributed by atoms with Crippen LogP contribution in [-0.4, -0.2) is 16.2 Å². The minimum absolute atomic E-state index is 0.209. The van der Waals surface area contributed by atoms with Crippen LogP contribution >= 0.6 is 11.6 Å². The first-order valence-corrected chi connectivity index (χ1v) is 6.60. The highest BCUT2D eigenvalue weighted by molar-refractivity contribution is 6.32. The fourth-order valence-electron chi connectivity index (χ4n) is 2.57. The number of hydrogen-bond donors (Lipinski definition) is 2. The van der Waals surface area contributed by atoms with Crippen LogP contribution in [0.1, 0.15) is 39.0 Å². The van der Waals surface area contributed by atoms with Gasteiger partial charge in [-0.05, 0) is 18.8 Å². The Morgan fingerprint density at radius 2 is 2.29 bits per heavy atom. The predicted octanol–water partition coefficient (Wildman–Crippen LogP) is 2.80. The molecule has 1 aromatic heterocycles. The van der Waals surface area contributed by atoms with Crippen molar-refractivity contribution in [3.8, 4) is 0 Å². The normalized spacial score (nSPS) is 24.6. The van der Waals surface area contributed by atoms with Crippen LogP contribution in [0.25, 0.3) is 0 Å². The minimum atomic E-state index is -0.333. The third kappa shape index (κ3) is 2.80. The van der Waals surface area contributed by atoms with Crippen molar-refractivity contribution in [1.82, 2.24) is 10.2 Å². The van der Waals surface area contributed by atoms with Gasteiger partial charge in [0.05, 0.1) is 11.9 Å². The van der Waals surface area contributed by atoms with Crippen LogP contribution in [0.4, 0.5) is 5.69 Å². The van der Waals surface area contributed by atoms with Gasteiger partial charge in [0.1, 0.15) is 5.02 Å². The molecule has 1 heterocycles. The summed E-state index contributed by atoms with van der Waals surface area (Å²) in [6.07, 6.45) is 7.68. The summed E-state index contributed by atoms with van der Waals surface area (Å²) in [5, 5.41) is 9.69. The Balaban J connectivity index is 2.13. The zero-order valence-corrected chi connectivity index (χ0v) is 10.8. The van der Waals surface area contributed by atoms with Crippen LogP contribution in [-0.2, 0) is 0 Å². The van der Waals surface area contributed by atoms with Crippen molar-refractivity contribution < 1.29 is 0 Å². The molecule has 5 heteroatoms. The largest absolute Gasteiger partial charge is 0.379 e. The first-order chi connectivity index (χ1) is 8.22. The van der Waals surface area contributed by atoms with Crippen LogP contribution in [0.2, 0.25) is 5.02 Å². The van der Waals surface area contributed by atoms with Crippen molar-refractivity contribution in [2.75, 3.05) is 5.32 Å². The van der Waals surface area contributed by atoms with Gasteiger partial charge in [0.2, 0.25) is 0 Å². The van der Waals surface area contributed by atoms with Gasteiger partial charge >= 0.3 is 0 Å². The molecule has 0 aromatic carbocycles. The number of H-pyrrole nitrogens is 1. The SMILES string of the molecule is CCC1CCCCC1Nc1cn[nH]c(=O)c1Cl. The van der Waals surface area contributed by atoms with Crippen molar-refractivity contribution in [1.29, 1.82) is 0 Å². The first kappa shape index (κ1) is 12.4. The van der Waals surface area contributed by atoms with Gasteiger partial charge in [0.15, 0.2) is 0 Å². The topological polar surface area (TPSA) is 57.8 Å². The van der Waals surface area contributed by atoms with Crippen LogP contribution in [0.3, 0.4) is 0 Å². The molecular formula is C12H18ClN3O. The Morgan fingerprint density at radius 3 is 3.06 bits per heavy atom. The molecule has 0 spiro atoms. The van der Waals surface area contributed by atoms with Crippen LogP contribution in [0.5, 0.6) is 0 Å². The monoisotopic (exact) mass is 255 g/mol. The quantitative estimate of drug-likeness (QED) is 0.873. The lowest BCUT2D eigenvalue weighted by molar-refractivity contribution is 0.317. The van der Waals surface area contributed by atoms with Crippen LogP contribution in [0.15, 0.2) is 11.0 Å². The van der Waals surface area contributed by atoms with Gasteiger partial charge in [-0.2, -0.15) is 5.10 Å². The molecule has 0 aliphatic heterocycles. The summed E-state index contributed by atoms with van der Waals surface area (Å²) in [6.45, 7) is 2.21. The van der Waals surface area contributed by atoms with Crippen LogP contribution in [0, 0.1) is 5.92 Å². The average Bonchev–Trinajstić information content (AvgIpc) is 2.35. The maximum absolute atomic E-state index is 11.3. The van der Waals surface area contributed by atoms with Crippen molar-refractivity contribution in [3.63, 3.8) is 0 Å². The zero-order valence-electron chi connectivity index (χ0n) is 10.0. The first-order valence-electron chi connectivity index (χ1n) is 6.22. The smallest absolute Gasteiger partial charge is 0.285 e. The van der Waals surface area contributed by atoms with Gasteiger partial charge < -0.3 is 5.32 Å². The van der Waals surface area contributed by atoms with E-state index in [9.17, 15) is 4.79 Å². The van der Waals surface area contributed by atoms with E-state index in [1.54, 1.807) is 6.20 Å². The summed E-state index contributed by atoms with van der Waals surface area (Å²) in [7, 11) is 0. The van der Waals surface area contributed by atoms with Crippen molar-refractivity contribution >= 4 is 17.3 Å². The Labute approximate surface area is 106 Å². The summed E-state index contributed by atoms with van der Waals surface area (Å²) < 4.78 is 0. The molecule has 0 amide bonds. The summed E-state index contributed by atoms with van der Waals surface area (Å²) in [5.41, 5.74) is 0.321. The number of anilines is 1. The second-order valence-corrected chi connectivity index (χ2v) is 5.01. The molecule has 0 bridgehead atoms. The molecule has 94 valence electrons. The molecule has 0 radical (unpaired) electrons. The van der Waals surface area contributed by atoms with Crippen molar-refractivity contribution in [2.45, 2.75) is 45.1 Å². The standard InChI is InChI=1S/C12H18ClN3O/c1-2-8-5-3-4-6-9(8)15-10-7-14-16-12(17)11(10)13/h7-9H,2-6H2,1H3,(H2,15,16,17). The highest BCUT2D eigenvalue weighted by atomic mass is 35.5. The molecule has 2 atom stereocenters. The molecule has 2 N–H and O–H groups in total. The molecule has 2 unspecified atom stereocenters. The Kier molecular flexibility index (Phi) is 4.05. The summed E-state index contributed by atoms with van der Waals surface area (Å²) in [6, 6.07) is 0.412. The molecule has 1 saturated carbocycles. The van der Waals surface area contributed by atoms with E-state index in [4.69, 9.17) is 11.6 Å². The van der Waals surface area contributed by atoms with E-state index in [1.165, 1.54) is 19.3 Å². The number of nitrogens with one attached hydrogen (secondary N) is 2. The van der Waals surface area contributed by atoms with Gasteiger partial charge in [0, 0.05) is 6.04 Å². The number of aromatic amines is 1. The molecule has 0 saturated heterocycles. The molecular weight excluding hydrogens is 238 g/mol. The summed E-state index contributed by atoms with van der Waals surface area (Å²) in [4.78, 5) is 11.3. The minimum Gasteiger partial charge on any atom is -0.379 e. The van der Waals surface area contributed by atoms with Crippen LogP contribution < -0.4 is 10.9 Å². The van der Waals surface area contributed by atoms with Gasteiger partial charge in [-0.3, -0.25) is 4.79 Å². The molecule has 1 aromatic rings. The third-order valence-electron chi connectivity index (χ3n) is 3.57. The van der Waals surface area contributed by atoms with E-state index in [2.05, 4.69) is 22.4 Å². The van der Waals surface area contributed by atoms with E-state index in [-0.39, 0.29) is 10.6 Å². The lowest BCUT2D eigenvalue weighted by Gasteiger charge is -2.32. The molecule has 4 nitrogen and oxygen atoms in total. The maximum Gasteiger partial charge on any atom is 0.285 e. The summed E-state index contributed by atoms with van der Waals surface area (Å²) in [5.74, 6) is 0.666. The lowest BCUT2D eigenvalue weighted by atomic mass is 9.83. The number of aromatic nitrogens is 2. The van der Waals surface area contributed by atoms with Gasteiger partial charge in [0.25, 0.3) is 5.56 Å². The van der Waals surface area contributed by atoms with E-state index in [0.717, 1.165) is 12.8 Å². The second-order valence-electron chi connectivity index (χ2n) is 4.63. The Morgan fingerprint density at radius 1 is 1.53 bits per heavy atom. The Bertz CT molecular complexity index is 432. The van der Waals surface area contributed by atoms with E-state index in [0.29, 0.717) is 17.6 Å².